The minimum absolute atomic E-state index is 0.193. The molecular formula is C19H18N2O3S. The van der Waals surface area contributed by atoms with Crippen molar-refractivity contribution in [2.24, 2.45) is 0 Å². The van der Waals surface area contributed by atoms with Gasteiger partial charge in [-0.3, -0.25) is 9.69 Å². The molecule has 5 nitrogen and oxygen atoms in total. The van der Waals surface area contributed by atoms with Gasteiger partial charge in [0.05, 0.1) is 18.6 Å². The second-order valence-electron chi connectivity index (χ2n) is 5.46. The van der Waals surface area contributed by atoms with Crippen molar-refractivity contribution >= 4 is 35.0 Å². The molecule has 25 heavy (non-hydrogen) atoms. The summed E-state index contributed by atoms with van der Waals surface area (Å²) in [5.41, 5.74) is 2.00. The Morgan fingerprint density at radius 1 is 1.32 bits per heavy atom. The van der Waals surface area contributed by atoms with Crippen molar-refractivity contribution in [1.29, 1.82) is 0 Å². The fourth-order valence-electron chi connectivity index (χ4n) is 2.49. The molecule has 0 saturated carbocycles. The lowest BCUT2D eigenvalue weighted by Gasteiger charge is -2.14. The number of benzene rings is 1. The molecule has 6 heteroatoms. The Kier molecular flexibility index (Phi) is 5.00. The Balaban J connectivity index is 1.81. The maximum absolute atomic E-state index is 12.7. The lowest BCUT2D eigenvalue weighted by atomic mass is 10.2. The molecule has 1 N–H and O–H groups in total. The molecule has 1 amide bonds. The van der Waals surface area contributed by atoms with Crippen LogP contribution in [0.1, 0.15) is 19.6 Å². The van der Waals surface area contributed by atoms with Crippen molar-refractivity contribution in [2.45, 2.75) is 13.8 Å². The molecule has 0 aliphatic carbocycles. The number of amides is 1. The zero-order chi connectivity index (χ0) is 17.8. The van der Waals surface area contributed by atoms with E-state index in [4.69, 9.17) is 21.4 Å². The van der Waals surface area contributed by atoms with Gasteiger partial charge in [-0.1, -0.05) is 0 Å². The number of thiocarbonyl (C=S) groups is 1. The van der Waals surface area contributed by atoms with Crippen molar-refractivity contribution < 1.29 is 13.9 Å². The van der Waals surface area contributed by atoms with E-state index in [1.54, 1.807) is 12.3 Å². The van der Waals surface area contributed by atoms with Crippen LogP contribution in [0.4, 0.5) is 5.69 Å². The summed E-state index contributed by atoms with van der Waals surface area (Å²) < 4.78 is 10.7. The second kappa shape index (κ2) is 7.36. The zero-order valence-electron chi connectivity index (χ0n) is 14.0. The van der Waals surface area contributed by atoms with E-state index in [2.05, 4.69) is 5.32 Å². The van der Waals surface area contributed by atoms with E-state index in [0.29, 0.717) is 23.1 Å². The van der Waals surface area contributed by atoms with Gasteiger partial charge in [-0.2, -0.15) is 0 Å². The van der Waals surface area contributed by atoms with Crippen LogP contribution in [0.2, 0.25) is 0 Å². The number of carbonyl (C=O) groups excluding carboxylic acids is 1. The molecule has 0 radical (unpaired) electrons. The lowest BCUT2D eigenvalue weighted by Crippen LogP contribution is -2.30. The average Bonchev–Trinajstić information content (AvgIpc) is 3.17. The number of nitrogens with one attached hydrogen (secondary N) is 1. The summed E-state index contributed by atoms with van der Waals surface area (Å²) in [6, 6.07) is 10.9. The molecule has 1 fully saturated rings. The van der Waals surface area contributed by atoms with E-state index in [1.165, 1.54) is 4.90 Å². The quantitative estimate of drug-likeness (QED) is 0.652. The van der Waals surface area contributed by atoms with Gasteiger partial charge >= 0.3 is 0 Å². The first kappa shape index (κ1) is 17.0. The lowest BCUT2D eigenvalue weighted by molar-refractivity contribution is -0.113. The molecule has 0 bridgehead atoms. The molecule has 0 unspecified atom stereocenters. The molecule has 1 aromatic heterocycles. The molecule has 3 rings (SSSR count). The number of rotatable bonds is 5. The summed E-state index contributed by atoms with van der Waals surface area (Å²) in [5, 5.41) is 3.32. The van der Waals surface area contributed by atoms with Crippen LogP contribution >= 0.6 is 12.2 Å². The summed E-state index contributed by atoms with van der Waals surface area (Å²) in [4.78, 5) is 14.2. The van der Waals surface area contributed by atoms with E-state index < -0.39 is 0 Å². The van der Waals surface area contributed by atoms with Crippen LogP contribution < -0.4 is 15.0 Å². The van der Waals surface area contributed by atoms with Gasteiger partial charge in [-0.15, -0.1) is 0 Å². The number of carbonyl (C=O) groups is 1. The molecule has 2 aromatic rings. The number of hydrogen-bond acceptors (Lipinski definition) is 4. The smallest absolute Gasteiger partial charge is 0.281 e. The first-order chi connectivity index (χ1) is 12.1. The Morgan fingerprint density at radius 3 is 2.72 bits per heavy atom. The summed E-state index contributed by atoms with van der Waals surface area (Å²) in [7, 11) is 0. The van der Waals surface area contributed by atoms with Gasteiger partial charge in [0.2, 0.25) is 0 Å². The number of hydrogen-bond donors (Lipinski definition) is 1. The molecular weight excluding hydrogens is 336 g/mol. The third-order valence-corrected chi connectivity index (χ3v) is 3.85. The van der Waals surface area contributed by atoms with Gasteiger partial charge in [0.1, 0.15) is 17.2 Å². The van der Waals surface area contributed by atoms with Crippen molar-refractivity contribution in [3.8, 4) is 5.75 Å². The largest absolute Gasteiger partial charge is 0.494 e. The van der Waals surface area contributed by atoms with Gasteiger partial charge in [0, 0.05) is 0 Å². The van der Waals surface area contributed by atoms with Crippen molar-refractivity contribution in [2.75, 3.05) is 11.5 Å². The van der Waals surface area contributed by atoms with Crippen LogP contribution in [0, 0.1) is 0 Å². The molecule has 0 atom stereocenters. The summed E-state index contributed by atoms with van der Waals surface area (Å²) in [6.45, 7) is 4.41. The SMILES string of the molecule is CCOc1ccc(N2C(=O)/C(=C\C(C)=C\c3ccco3)NC2=S)cc1. The van der Waals surface area contributed by atoms with Gasteiger partial charge in [-0.05, 0) is 80.2 Å². The molecule has 1 aromatic carbocycles. The first-order valence-corrected chi connectivity index (χ1v) is 8.31. The normalized spacial score (nSPS) is 16.5. The summed E-state index contributed by atoms with van der Waals surface area (Å²) >= 11 is 5.31. The number of anilines is 1. The van der Waals surface area contributed by atoms with E-state index in [9.17, 15) is 4.79 Å². The predicted octanol–water partition coefficient (Wildman–Crippen LogP) is 3.89. The van der Waals surface area contributed by atoms with Crippen LogP contribution in [-0.2, 0) is 4.79 Å². The summed E-state index contributed by atoms with van der Waals surface area (Å²) in [5.74, 6) is 1.29. The Morgan fingerprint density at radius 2 is 2.08 bits per heavy atom. The third-order valence-electron chi connectivity index (χ3n) is 3.57. The van der Waals surface area contributed by atoms with Gasteiger partial charge < -0.3 is 14.5 Å². The van der Waals surface area contributed by atoms with Crippen LogP contribution in [0.3, 0.4) is 0 Å². The van der Waals surface area contributed by atoms with E-state index >= 15 is 0 Å². The van der Waals surface area contributed by atoms with E-state index in [0.717, 1.165) is 17.1 Å². The summed E-state index contributed by atoms with van der Waals surface area (Å²) in [6.07, 6.45) is 5.21. The Labute approximate surface area is 151 Å². The zero-order valence-corrected chi connectivity index (χ0v) is 14.8. The Bertz CT molecular complexity index is 836. The fraction of sp³-hybridized carbons (Fsp3) is 0.158. The minimum Gasteiger partial charge on any atom is -0.494 e. The molecule has 128 valence electrons. The highest BCUT2D eigenvalue weighted by atomic mass is 32.1. The highest BCUT2D eigenvalue weighted by Gasteiger charge is 2.31. The van der Waals surface area contributed by atoms with Gasteiger partial charge in [-0.25, -0.2) is 0 Å². The molecule has 1 saturated heterocycles. The third kappa shape index (κ3) is 3.80. The highest BCUT2D eigenvalue weighted by molar-refractivity contribution is 7.80. The van der Waals surface area contributed by atoms with E-state index in [-0.39, 0.29) is 5.91 Å². The average molecular weight is 354 g/mol. The monoisotopic (exact) mass is 354 g/mol. The number of furan rings is 1. The fourth-order valence-corrected chi connectivity index (χ4v) is 2.79. The number of allylic oxidation sites excluding steroid dienone is 2. The van der Waals surface area contributed by atoms with Crippen molar-refractivity contribution in [3.05, 3.63) is 65.8 Å². The predicted molar refractivity (Wildman–Crippen MR) is 101 cm³/mol. The molecule has 1 aliphatic heterocycles. The van der Waals surface area contributed by atoms with Crippen LogP contribution in [0.25, 0.3) is 6.08 Å². The number of ether oxygens (including phenoxy) is 1. The maximum atomic E-state index is 12.7. The van der Waals surface area contributed by atoms with Gasteiger partial charge in [0.15, 0.2) is 5.11 Å². The number of nitrogens with zero attached hydrogens (tertiary/aromatic N) is 1. The molecule has 1 aliphatic rings. The van der Waals surface area contributed by atoms with E-state index in [1.807, 2.05) is 56.3 Å². The highest BCUT2D eigenvalue weighted by Crippen LogP contribution is 2.24. The van der Waals surface area contributed by atoms with Gasteiger partial charge in [0.25, 0.3) is 5.91 Å². The van der Waals surface area contributed by atoms with Crippen LogP contribution in [0.15, 0.2) is 64.4 Å². The van der Waals surface area contributed by atoms with Crippen LogP contribution in [-0.4, -0.2) is 17.6 Å². The first-order valence-electron chi connectivity index (χ1n) is 7.90. The second-order valence-corrected chi connectivity index (χ2v) is 5.85. The Hall–Kier alpha value is -2.86. The maximum Gasteiger partial charge on any atom is 0.281 e. The minimum atomic E-state index is -0.193. The molecule has 0 spiro atoms. The molecule has 2 heterocycles. The standard InChI is InChI=1S/C19H18N2O3S/c1-3-23-15-8-6-14(7-9-15)21-18(22)17(20-19(21)25)12-13(2)11-16-5-4-10-24-16/h4-12H,3H2,1-2H3,(H,20,25)/b13-11+,17-12+. The topological polar surface area (TPSA) is 54.7 Å². The van der Waals surface area contributed by atoms with Crippen molar-refractivity contribution in [1.82, 2.24) is 5.32 Å². The van der Waals surface area contributed by atoms with Crippen LogP contribution in [0.5, 0.6) is 5.75 Å². The van der Waals surface area contributed by atoms with Crippen molar-refractivity contribution in [3.63, 3.8) is 0 Å².